The number of benzene rings is 3. The summed E-state index contributed by atoms with van der Waals surface area (Å²) in [5.41, 5.74) is 6.96. The van der Waals surface area contributed by atoms with E-state index in [1.807, 2.05) is 68.1 Å². The van der Waals surface area contributed by atoms with Crippen molar-refractivity contribution < 1.29 is 9.53 Å². The van der Waals surface area contributed by atoms with E-state index in [4.69, 9.17) is 14.7 Å². The fourth-order valence-electron chi connectivity index (χ4n) is 5.85. The SMILES string of the molecule is CC(C)(C)OC(=O)N1CCC2(CC1)CN(Cc1ccc(-c3nc4ccccc4nc3-c3ccccc3)cc1)C2. The lowest BCUT2D eigenvalue weighted by Gasteiger charge is -2.54. The van der Waals surface area contributed by atoms with Crippen LogP contribution in [-0.4, -0.2) is 57.6 Å². The van der Waals surface area contributed by atoms with E-state index < -0.39 is 5.60 Å². The Kier molecular flexibility index (Phi) is 6.59. The minimum absolute atomic E-state index is 0.180. The number of rotatable bonds is 4. The predicted octanol–water partition coefficient (Wildman–Crippen LogP) is 6.80. The normalized spacial score (nSPS) is 17.3. The Bertz CT molecular complexity index is 1460. The van der Waals surface area contributed by atoms with Gasteiger partial charge in [-0.1, -0.05) is 66.7 Å². The fourth-order valence-corrected chi connectivity index (χ4v) is 5.85. The number of piperidine rings is 1. The van der Waals surface area contributed by atoms with Crippen LogP contribution in [0, 0.1) is 5.41 Å². The average Bonchev–Trinajstić information content (AvgIpc) is 2.92. The van der Waals surface area contributed by atoms with Gasteiger partial charge in [0.25, 0.3) is 0 Å². The van der Waals surface area contributed by atoms with Gasteiger partial charge < -0.3 is 9.64 Å². The number of para-hydroxylation sites is 2. The van der Waals surface area contributed by atoms with Gasteiger partial charge in [-0.2, -0.15) is 0 Å². The van der Waals surface area contributed by atoms with Gasteiger partial charge in [-0.15, -0.1) is 0 Å². The van der Waals surface area contributed by atoms with Crippen molar-refractivity contribution in [1.82, 2.24) is 19.8 Å². The molecule has 0 bridgehead atoms. The van der Waals surface area contributed by atoms with Crippen molar-refractivity contribution in [1.29, 1.82) is 0 Å². The van der Waals surface area contributed by atoms with Crippen LogP contribution in [0.3, 0.4) is 0 Å². The number of nitrogens with zero attached hydrogens (tertiary/aromatic N) is 4. The molecule has 6 heteroatoms. The standard InChI is InChI=1S/C33H36N4O2/c1-32(2,3)39-31(38)37-19-17-33(18-20-37)22-36(23-33)21-24-13-15-26(16-14-24)30-29(25-9-5-4-6-10-25)34-27-11-7-8-12-28(27)35-30/h4-16H,17-23H2,1-3H3. The van der Waals surface area contributed by atoms with Crippen LogP contribution in [0.5, 0.6) is 0 Å². The first-order valence-electron chi connectivity index (χ1n) is 13.9. The van der Waals surface area contributed by atoms with E-state index in [9.17, 15) is 4.79 Å². The molecule has 3 aromatic carbocycles. The summed E-state index contributed by atoms with van der Waals surface area (Å²) < 4.78 is 5.56. The molecule has 0 N–H and O–H groups in total. The fraction of sp³-hybridized carbons (Fsp3) is 0.364. The maximum absolute atomic E-state index is 12.4. The molecular formula is C33H36N4O2. The lowest BCUT2D eigenvalue weighted by Crippen LogP contribution is -2.60. The van der Waals surface area contributed by atoms with E-state index in [2.05, 4.69) is 41.3 Å². The monoisotopic (exact) mass is 520 g/mol. The predicted molar refractivity (Wildman–Crippen MR) is 155 cm³/mol. The first-order chi connectivity index (χ1) is 18.8. The van der Waals surface area contributed by atoms with Crippen LogP contribution >= 0.6 is 0 Å². The molecule has 2 saturated heterocycles. The van der Waals surface area contributed by atoms with Crippen LogP contribution < -0.4 is 0 Å². The van der Waals surface area contributed by atoms with Gasteiger partial charge in [0.15, 0.2) is 0 Å². The molecule has 0 atom stereocenters. The second-order valence-corrected chi connectivity index (χ2v) is 12.1. The molecule has 2 fully saturated rings. The highest BCUT2D eigenvalue weighted by Crippen LogP contribution is 2.41. The van der Waals surface area contributed by atoms with Crippen molar-refractivity contribution in [3.63, 3.8) is 0 Å². The number of carbonyl (C=O) groups is 1. The molecule has 0 saturated carbocycles. The molecule has 39 heavy (non-hydrogen) atoms. The summed E-state index contributed by atoms with van der Waals surface area (Å²) in [5, 5.41) is 0. The summed E-state index contributed by atoms with van der Waals surface area (Å²) in [6.07, 6.45) is 1.91. The summed E-state index contributed by atoms with van der Waals surface area (Å²) >= 11 is 0. The minimum atomic E-state index is -0.445. The molecule has 3 heterocycles. The second-order valence-electron chi connectivity index (χ2n) is 12.1. The molecule has 1 aromatic heterocycles. The highest BCUT2D eigenvalue weighted by molar-refractivity contribution is 5.86. The van der Waals surface area contributed by atoms with Gasteiger partial charge in [0.1, 0.15) is 5.60 Å². The highest BCUT2D eigenvalue weighted by atomic mass is 16.6. The molecule has 200 valence electrons. The number of hydrogen-bond donors (Lipinski definition) is 0. The van der Waals surface area contributed by atoms with E-state index in [-0.39, 0.29) is 6.09 Å². The molecule has 2 aliphatic rings. The number of ether oxygens (including phenoxy) is 1. The van der Waals surface area contributed by atoms with Crippen LogP contribution in [0.1, 0.15) is 39.2 Å². The summed E-state index contributed by atoms with van der Waals surface area (Å²) in [4.78, 5) is 26.8. The Hall–Kier alpha value is -3.77. The molecule has 2 aliphatic heterocycles. The number of aromatic nitrogens is 2. The summed E-state index contributed by atoms with van der Waals surface area (Å²) in [7, 11) is 0. The van der Waals surface area contributed by atoms with Crippen molar-refractivity contribution in [2.45, 2.75) is 45.8 Å². The lowest BCUT2D eigenvalue weighted by atomic mass is 9.72. The molecule has 1 amide bonds. The summed E-state index contributed by atoms with van der Waals surface area (Å²) in [6, 6.07) is 27.1. The molecule has 6 rings (SSSR count). The van der Waals surface area contributed by atoms with Gasteiger partial charge in [0, 0.05) is 43.9 Å². The lowest BCUT2D eigenvalue weighted by molar-refractivity contribution is -0.0550. The van der Waals surface area contributed by atoms with Crippen molar-refractivity contribution in [2.75, 3.05) is 26.2 Å². The zero-order chi connectivity index (χ0) is 27.0. The van der Waals surface area contributed by atoms with E-state index in [0.717, 1.165) is 79.1 Å². The van der Waals surface area contributed by atoms with Gasteiger partial charge in [-0.3, -0.25) is 4.90 Å². The van der Waals surface area contributed by atoms with E-state index >= 15 is 0 Å². The number of amides is 1. The Morgan fingerprint density at radius 1 is 0.795 bits per heavy atom. The Morgan fingerprint density at radius 3 is 1.90 bits per heavy atom. The third-order valence-electron chi connectivity index (χ3n) is 7.85. The molecule has 0 radical (unpaired) electrons. The summed E-state index contributed by atoms with van der Waals surface area (Å²) in [6.45, 7) is 10.4. The van der Waals surface area contributed by atoms with Crippen molar-refractivity contribution in [2.24, 2.45) is 5.41 Å². The van der Waals surface area contributed by atoms with Crippen LogP contribution in [0.4, 0.5) is 4.79 Å². The molecule has 1 spiro atoms. The van der Waals surface area contributed by atoms with Crippen molar-refractivity contribution in [3.05, 3.63) is 84.4 Å². The molecule has 4 aromatic rings. The van der Waals surface area contributed by atoms with E-state index in [1.165, 1.54) is 5.56 Å². The summed E-state index contributed by atoms with van der Waals surface area (Å²) in [5.74, 6) is 0. The quantitative estimate of drug-likeness (QED) is 0.296. The van der Waals surface area contributed by atoms with Gasteiger partial charge in [-0.25, -0.2) is 14.8 Å². The zero-order valence-electron chi connectivity index (χ0n) is 23.1. The molecule has 0 aliphatic carbocycles. The Morgan fingerprint density at radius 2 is 1.33 bits per heavy atom. The topological polar surface area (TPSA) is 58.6 Å². The molecule has 6 nitrogen and oxygen atoms in total. The largest absolute Gasteiger partial charge is 0.444 e. The first kappa shape index (κ1) is 25.5. The zero-order valence-corrected chi connectivity index (χ0v) is 23.1. The number of carbonyl (C=O) groups excluding carboxylic acids is 1. The van der Waals surface area contributed by atoms with Crippen molar-refractivity contribution >= 4 is 17.1 Å². The second kappa shape index (κ2) is 10.1. The van der Waals surface area contributed by atoms with Crippen molar-refractivity contribution in [3.8, 4) is 22.5 Å². The minimum Gasteiger partial charge on any atom is -0.444 e. The smallest absolute Gasteiger partial charge is 0.410 e. The van der Waals surface area contributed by atoms with Gasteiger partial charge >= 0.3 is 6.09 Å². The van der Waals surface area contributed by atoms with Gasteiger partial charge in [0.05, 0.1) is 22.4 Å². The third kappa shape index (κ3) is 5.52. The maximum Gasteiger partial charge on any atom is 0.410 e. The van der Waals surface area contributed by atoms with Crippen LogP contribution in [0.25, 0.3) is 33.5 Å². The van der Waals surface area contributed by atoms with Gasteiger partial charge in [-0.05, 0) is 56.7 Å². The number of fused-ring (bicyclic) bond motifs is 1. The van der Waals surface area contributed by atoms with Gasteiger partial charge in [0.2, 0.25) is 0 Å². The Balaban J connectivity index is 1.11. The highest BCUT2D eigenvalue weighted by Gasteiger charge is 2.45. The van der Waals surface area contributed by atoms with Crippen LogP contribution in [0.15, 0.2) is 78.9 Å². The van der Waals surface area contributed by atoms with Crippen LogP contribution in [0.2, 0.25) is 0 Å². The number of likely N-dealkylation sites (tertiary alicyclic amines) is 2. The van der Waals surface area contributed by atoms with E-state index in [0.29, 0.717) is 5.41 Å². The maximum atomic E-state index is 12.4. The first-order valence-corrected chi connectivity index (χ1v) is 13.9. The van der Waals surface area contributed by atoms with Crippen LogP contribution in [-0.2, 0) is 11.3 Å². The average molecular weight is 521 g/mol. The van der Waals surface area contributed by atoms with E-state index in [1.54, 1.807) is 0 Å². The Labute approximate surface area is 230 Å². The third-order valence-corrected chi connectivity index (χ3v) is 7.85. The molecule has 0 unspecified atom stereocenters. The number of hydrogen-bond acceptors (Lipinski definition) is 5. The molecular weight excluding hydrogens is 484 g/mol.